The molecule has 27 heavy (non-hydrogen) atoms. The fourth-order valence-electron chi connectivity index (χ4n) is 3.77. The maximum atomic E-state index is 12.9. The molecule has 3 rings (SSSR count). The monoisotopic (exact) mass is 365 g/mol. The van der Waals surface area contributed by atoms with Crippen molar-refractivity contribution in [3.8, 4) is 0 Å². The number of hydrogen-bond donors (Lipinski definition) is 0. The lowest BCUT2D eigenvalue weighted by molar-refractivity contribution is -0.124. The summed E-state index contributed by atoms with van der Waals surface area (Å²) < 4.78 is 4.72. The second-order valence-electron chi connectivity index (χ2n) is 6.87. The molecule has 2 aromatic carbocycles. The number of methoxy groups -OCH3 is 1. The summed E-state index contributed by atoms with van der Waals surface area (Å²) >= 11 is 0. The standard InChI is InChI=1S/C22H23NO4/c1-16(24)22(19-9-4-3-5-10-19)11-13-23(14-12-22)20(25)17-7-6-8-18(15-17)21(26)27-2/h3-10,15H,11-14H2,1-2H3. The van der Waals surface area contributed by atoms with Gasteiger partial charge >= 0.3 is 5.97 Å². The van der Waals surface area contributed by atoms with Crippen molar-refractivity contribution in [1.82, 2.24) is 4.90 Å². The lowest BCUT2D eigenvalue weighted by Crippen LogP contribution is -2.48. The van der Waals surface area contributed by atoms with Gasteiger partial charge in [-0.15, -0.1) is 0 Å². The molecule has 140 valence electrons. The van der Waals surface area contributed by atoms with E-state index in [0.29, 0.717) is 37.1 Å². The minimum atomic E-state index is -0.536. The number of Topliss-reactive ketones (excluding diaryl/α,β-unsaturated/α-hetero) is 1. The first kappa shape index (κ1) is 18.8. The molecule has 0 unspecified atom stereocenters. The zero-order chi connectivity index (χ0) is 19.4. The molecule has 5 nitrogen and oxygen atoms in total. The van der Waals surface area contributed by atoms with Crippen LogP contribution in [0.25, 0.3) is 0 Å². The Morgan fingerprint density at radius 3 is 2.15 bits per heavy atom. The summed E-state index contributed by atoms with van der Waals surface area (Å²) in [4.78, 5) is 38.8. The summed E-state index contributed by atoms with van der Waals surface area (Å²) in [5, 5.41) is 0. The molecule has 2 aromatic rings. The molecule has 1 fully saturated rings. The van der Waals surface area contributed by atoms with Gasteiger partial charge in [0.05, 0.1) is 18.1 Å². The smallest absolute Gasteiger partial charge is 0.337 e. The van der Waals surface area contributed by atoms with Crippen LogP contribution in [0.1, 0.15) is 46.0 Å². The van der Waals surface area contributed by atoms with Gasteiger partial charge in [-0.05, 0) is 43.5 Å². The van der Waals surface area contributed by atoms with E-state index in [0.717, 1.165) is 5.56 Å². The van der Waals surface area contributed by atoms with Crippen molar-refractivity contribution in [3.63, 3.8) is 0 Å². The van der Waals surface area contributed by atoms with Crippen LogP contribution >= 0.6 is 0 Å². The molecule has 0 bridgehead atoms. The Kier molecular flexibility index (Phi) is 5.40. The Labute approximate surface area is 158 Å². The molecule has 0 aromatic heterocycles. The number of carbonyl (C=O) groups is 3. The normalized spacial score (nSPS) is 15.9. The molecule has 1 heterocycles. The zero-order valence-corrected chi connectivity index (χ0v) is 15.6. The van der Waals surface area contributed by atoms with Crippen LogP contribution in [0.3, 0.4) is 0 Å². The topological polar surface area (TPSA) is 63.7 Å². The average Bonchev–Trinajstić information content (AvgIpc) is 2.73. The third-order valence-corrected chi connectivity index (χ3v) is 5.44. The fraction of sp³-hybridized carbons (Fsp3) is 0.318. The summed E-state index contributed by atoms with van der Waals surface area (Å²) in [5.74, 6) is -0.470. The van der Waals surface area contributed by atoms with E-state index in [2.05, 4.69) is 0 Å². The molecule has 0 spiro atoms. The van der Waals surface area contributed by atoms with Crippen LogP contribution in [0.15, 0.2) is 54.6 Å². The lowest BCUT2D eigenvalue weighted by Gasteiger charge is -2.40. The van der Waals surface area contributed by atoms with Gasteiger partial charge in [-0.25, -0.2) is 4.79 Å². The first-order valence-corrected chi connectivity index (χ1v) is 9.02. The van der Waals surface area contributed by atoms with Gasteiger partial charge in [0.25, 0.3) is 5.91 Å². The molecular weight excluding hydrogens is 342 g/mol. The van der Waals surface area contributed by atoms with Gasteiger partial charge in [0, 0.05) is 18.7 Å². The molecule has 1 amide bonds. The number of rotatable bonds is 4. The van der Waals surface area contributed by atoms with E-state index in [9.17, 15) is 14.4 Å². The molecule has 0 atom stereocenters. The summed E-state index contributed by atoms with van der Waals surface area (Å²) in [5.41, 5.74) is 1.28. The number of ketones is 1. The highest BCUT2D eigenvalue weighted by Gasteiger charge is 2.41. The second kappa shape index (κ2) is 7.74. The van der Waals surface area contributed by atoms with Gasteiger partial charge in [-0.3, -0.25) is 9.59 Å². The maximum absolute atomic E-state index is 12.9. The quantitative estimate of drug-likeness (QED) is 0.781. The minimum absolute atomic E-state index is 0.133. The Morgan fingerprint density at radius 1 is 0.926 bits per heavy atom. The SMILES string of the molecule is COC(=O)c1cccc(C(=O)N2CCC(C(C)=O)(c3ccccc3)CC2)c1. The number of likely N-dealkylation sites (tertiary alicyclic amines) is 1. The third-order valence-electron chi connectivity index (χ3n) is 5.44. The number of hydrogen-bond acceptors (Lipinski definition) is 4. The predicted octanol–water partition coefficient (Wildman–Crippen LogP) is 3.24. The van der Waals surface area contributed by atoms with Crippen LogP contribution < -0.4 is 0 Å². The van der Waals surface area contributed by atoms with Gasteiger partial charge < -0.3 is 9.64 Å². The van der Waals surface area contributed by atoms with Crippen molar-refractivity contribution in [2.24, 2.45) is 0 Å². The number of benzene rings is 2. The van der Waals surface area contributed by atoms with Gasteiger partial charge in [0.15, 0.2) is 0 Å². The molecule has 0 radical (unpaired) electrons. The summed E-state index contributed by atoms with van der Waals surface area (Å²) in [6, 6.07) is 16.3. The summed E-state index contributed by atoms with van der Waals surface area (Å²) in [6.07, 6.45) is 1.18. The van der Waals surface area contributed by atoms with E-state index in [1.807, 2.05) is 30.3 Å². The highest BCUT2D eigenvalue weighted by Crippen LogP contribution is 2.36. The van der Waals surface area contributed by atoms with Crippen LogP contribution in [-0.4, -0.2) is 42.8 Å². The van der Waals surface area contributed by atoms with Gasteiger partial charge in [0.2, 0.25) is 0 Å². The van der Waals surface area contributed by atoms with E-state index >= 15 is 0 Å². The van der Waals surface area contributed by atoms with Crippen molar-refractivity contribution in [3.05, 3.63) is 71.3 Å². The van der Waals surface area contributed by atoms with Gasteiger partial charge in [-0.1, -0.05) is 36.4 Å². The molecular formula is C22H23NO4. The van der Waals surface area contributed by atoms with Crippen LogP contribution in [0.5, 0.6) is 0 Å². The first-order chi connectivity index (χ1) is 13.0. The van der Waals surface area contributed by atoms with E-state index in [1.54, 1.807) is 36.1 Å². The zero-order valence-electron chi connectivity index (χ0n) is 15.6. The van der Waals surface area contributed by atoms with Crippen molar-refractivity contribution in [1.29, 1.82) is 0 Å². The average molecular weight is 365 g/mol. The number of amides is 1. The number of nitrogens with zero attached hydrogens (tertiary/aromatic N) is 1. The van der Waals surface area contributed by atoms with Crippen molar-refractivity contribution < 1.29 is 19.1 Å². The van der Waals surface area contributed by atoms with Gasteiger partial charge in [0.1, 0.15) is 5.78 Å². The highest BCUT2D eigenvalue weighted by molar-refractivity contribution is 5.98. The summed E-state index contributed by atoms with van der Waals surface area (Å²) in [7, 11) is 1.31. The Bertz CT molecular complexity index is 852. The second-order valence-corrected chi connectivity index (χ2v) is 6.87. The Balaban J connectivity index is 1.78. The molecule has 0 aliphatic carbocycles. The van der Waals surface area contributed by atoms with Crippen LogP contribution in [0, 0.1) is 0 Å². The molecule has 5 heteroatoms. The number of ether oxygens (including phenoxy) is 1. The highest BCUT2D eigenvalue weighted by atomic mass is 16.5. The van der Waals surface area contributed by atoms with E-state index in [1.165, 1.54) is 7.11 Å². The molecule has 0 N–H and O–H groups in total. The van der Waals surface area contributed by atoms with Gasteiger partial charge in [-0.2, -0.15) is 0 Å². The Hall–Kier alpha value is -2.95. The molecule has 1 saturated heterocycles. The number of carbonyl (C=O) groups excluding carboxylic acids is 3. The molecule has 1 aliphatic heterocycles. The van der Waals surface area contributed by atoms with E-state index in [4.69, 9.17) is 4.74 Å². The number of esters is 1. The summed E-state index contributed by atoms with van der Waals surface area (Å²) in [6.45, 7) is 2.62. The maximum Gasteiger partial charge on any atom is 0.337 e. The van der Waals surface area contributed by atoms with Crippen LogP contribution in [0.2, 0.25) is 0 Å². The largest absolute Gasteiger partial charge is 0.465 e. The molecule has 1 aliphatic rings. The lowest BCUT2D eigenvalue weighted by atomic mass is 9.70. The van der Waals surface area contributed by atoms with E-state index < -0.39 is 11.4 Å². The van der Waals surface area contributed by atoms with Crippen LogP contribution in [-0.2, 0) is 14.9 Å². The fourth-order valence-corrected chi connectivity index (χ4v) is 3.77. The van der Waals surface area contributed by atoms with Crippen molar-refractivity contribution in [2.75, 3.05) is 20.2 Å². The van der Waals surface area contributed by atoms with Crippen molar-refractivity contribution in [2.45, 2.75) is 25.2 Å². The van der Waals surface area contributed by atoms with Crippen molar-refractivity contribution >= 4 is 17.7 Å². The van der Waals surface area contributed by atoms with E-state index in [-0.39, 0.29) is 11.7 Å². The molecule has 0 saturated carbocycles. The van der Waals surface area contributed by atoms with Crippen LogP contribution in [0.4, 0.5) is 0 Å². The number of piperidine rings is 1. The minimum Gasteiger partial charge on any atom is -0.465 e. The third kappa shape index (κ3) is 3.63. The predicted molar refractivity (Wildman–Crippen MR) is 102 cm³/mol. The Morgan fingerprint density at radius 2 is 1.56 bits per heavy atom. The first-order valence-electron chi connectivity index (χ1n) is 9.02.